The van der Waals surface area contributed by atoms with Crippen LogP contribution in [0.3, 0.4) is 0 Å². The minimum Gasteiger partial charge on any atom is -0.490 e. The Hall–Kier alpha value is -3.93. The van der Waals surface area contributed by atoms with E-state index >= 15 is 0 Å². The lowest BCUT2D eigenvalue weighted by Gasteiger charge is -2.22. The lowest BCUT2D eigenvalue weighted by atomic mass is 9.88. The first-order valence-electron chi connectivity index (χ1n) is 12.7. The third kappa shape index (κ3) is 4.63. The third-order valence-electron chi connectivity index (χ3n) is 6.99. The molecule has 184 valence electrons. The molecule has 6 nitrogen and oxygen atoms in total. The SMILES string of the molecule is C=CCOc1ccc(-n2c(C)cc(C=Nn3c(C4CCCCC4)nc4ccccc4c3=O)c2C)cc1. The van der Waals surface area contributed by atoms with E-state index in [9.17, 15) is 4.79 Å². The van der Waals surface area contributed by atoms with Gasteiger partial charge in [0.1, 0.15) is 18.2 Å². The second kappa shape index (κ2) is 10.4. The Bertz CT molecular complexity index is 1470. The van der Waals surface area contributed by atoms with Crippen molar-refractivity contribution in [2.24, 2.45) is 5.10 Å². The van der Waals surface area contributed by atoms with E-state index in [1.54, 1.807) is 12.3 Å². The summed E-state index contributed by atoms with van der Waals surface area (Å²) in [5.74, 6) is 1.84. The van der Waals surface area contributed by atoms with Crippen LogP contribution in [0.15, 0.2) is 77.1 Å². The predicted octanol–water partition coefficient (Wildman–Crippen LogP) is 6.30. The molecule has 0 bridgehead atoms. The van der Waals surface area contributed by atoms with Crippen molar-refractivity contribution in [1.82, 2.24) is 14.2 Å². The number of benzene rings is 2. The Labute approximate surface area is 211 Å². The van der Waals surface area contributed by atoms with Crippen molar-refractivity contribution in [3.8, 4) is 11.4 Å². The van der Waals surface area contributed by atoms with E-state index in [1.807, 2.05) is 48.5 Å². The summed E-state index contributed by atoms with van der Waals surface area (Å²) in [4.78, 5) is 18.4. The van der Waals surface area contributed by atoms with Crippen LogP contribution in [0, 0.1) is 13.8 Å². The summed E-state index contributed by atoms with van der Waals surface area (Å²) in [5, 5.41) is 5.33. The van der Waals surface area contributed by atoms with Crippen molar-refractivity contribution in [1.29, 1.82) is 0 Å². The molecule has 36 heavy (non-hydrogen) atoms. The fourth-order valence-corrected chi connectivity index (χ4v) is 5.16. The number of aryl methyl sites for hydroxylation is 1. The highest BCUT2D eigenvalue weighted by atomic mass is 16.5. The van der Waals surface area contributed by atoms with Gasteiger partial charge in [-0.2, -0.15) is 9.78 Å². The summed E-state index contributed by atoms with van der Waals surface area (Å²) in [5.41, 5.74) is 4.79. The first-order chi connectivity index (χ1) is 17.6. The van der Waals surface area contributed by atoms with Gasteiger partial charge in [-0.25, -0.2) is 4.98 Å². The van der Waals surface area contributed by atoms with Gasteiger partial charge < -0.3 is 9.30 Å². The fraction of sp³-hybridized carbons (Fsp3) is 0.300. The molecule has 0 amide bonds. The summed E-state index contributed by atoms with van der Waals surface area (Å²) in [6, 6.07) is 17.6. The van der Waals surface area contributed by atoms with Gasteiger partial charge in [0.25, 0.3) is 5.56 Å². The highest BCUT2D eigenvalue weighted by Gasteiger charge is 2.22. The Morgan fingerprint density at radius 3 is 2.58 bits per heavy atom. The standard InChI is InChI=1S/C30H32N4O2/c1-4-18-36-26-16-14-25(15-17-26)33-21(2)19-24(22(33)3)20-31-34-29(23-10-6-5-7-11-23)32-28-13-9-8-12-27(28)30(34)35/h4,8-9,12-17,19-20,23H,1,5-7,10-11,18H2,2-3H3. The molecule has 2 aromatic carbocycles. The van der Waals surface area contributed by atoms with Gasteiger partial charge in [-0.05, 0) is 69.2 Å². The van der Waals surface area contributed by atoms with Crippen LogP contribution in [0.1, 0.15) is 60.8 Å². The van der Waals surface area contributed by atoms with Crippen molar-refractivity contribution < 1.29 is 4.74 Å². The van der Waals surface area contributed by atoms with Gasteiger partial charge in [-0.3, -0.25) is 4.79 Å². The van der Waals surface area contributed by atoms with Crippen molar-refractivity contribution in [2.45, 2.75) is 51.9 Å². The molecule has 0 saturated heterocycles. The predicted molar refractivity (Wildman–Crippen MR) is 146 cm³/mol. The molecule has 0 aliphatic heterocycles. The molecule has 1 fully saturated rings. The number of ether oxygens (including phenoxy) is 1. The first kappa shape index (κ1) is 23.8. The number of hydrogen-bond donors (Lipinski definition) is 0. The number of aromatic nitrogens is 3. The van der Waals surface area contributed by atoms with Crippen LogP contribution in [0.2, 0.25) is 0 Å². The average Bonchev–Trinajstić information content (AvgIpc) is 3.20. The van der Waals surface area contributed by atoms with Gasteiger partial charge in [-0.1, -0.05) is 44.1 Å². The van der Waals surface area contributed by atoms with Crippen LogP contribution >= 0.6 is 0 Å². The van der Waals surface area contributed by atoms with Crippen LogP contribution in [-0.2, 0) is 0 Å². The zero-order chi connectivity index (χ0) is 25.1. The minimum atomic E-state index is -0.110. The lowest BCUT2D eigenvalue weighted by molar-refractivity contribution is 0.363. The quantitative estimate of drug-likeness (QED) is 0.230. The fourth-order valence-electron chi connectivity index (χ4n) is 5.16. The summed E-state index contributed by atoms with van der Waals surface area (Å²) < 4.78 is 9.34. The molecule has 1 aliphatic carbocycles. The number of hydrogen-bond acceptors (Lipinski definition) is 4. The Kier molecular flexibility index (Phi) is 6.85. The molecule has 6 heteroatoms. The van der Waals surface area contributed by atoms with Gasteiger partial charge >= 0.3 is 0 Å². The van der Waals surface area contributed by atoms with Gasteiger partial charge in [0.05, 0.1) is 17.1 Å². The van der Waals surface area contributed by atoms with E-state index in [-0.39, 0.29) is 11.5 Å². The zero-order valence-corrected chi connectivity index (χ0v) is 21.0. The Balaban J connectivity index is 1.52. The van der Waals surface area contributed by atoms with Crippen LogP contribution < -0.4 is 10.3 Å². The van der Waals surface area contributed by atoms with Gasteiger partial charge in [0.2, 0.25) is 0 Å². The first-order valence-corrected chi connectivity index (χ1v) is 12.7. The van der Waals surface area contributed by atoms with E-state index in [4.69, 9.17) is 14.8 Å². The monoisotopic (exact) mass is 480 g/mol. The van der Waals surface area contributed by atoms with Gasteiger partial charge in [-0.15, -0.1) is 0 Å². The molecule has 2 aromatic heterocycles. The smallest absolute Gasteiger partial charge is 0.282 e. The molecule has 1 saturated carbocycles. The maximum absolute atomic E-state index is 13.5. The number of para-hydroxylation sites is 1. The molecule has 4 aromatic rings. The highest BCUT2D eigenvalue weighted by molar-refractivity contribution is 5.82. The number of nitrogens with zero attached hydrogens (tertiary/aromatic N) is 4. The van der Waals surface area contributed by atoms with Crippen LogP contribution in [0.5, 0.6) is 5.75 Å². The van der Waals surface area contributed by atoms with Crippen LogP contribution in [0.25, 0.3) is 16.6 Å². The van der Waals surface area contributed by atoms with Crippen molar-refractivity contribution in [2.75, 3.05) is 6.61 Å². The second-order valence-corrected chi connectivity index (χ2v) is 9.44. The summed E-state index contributed by atoms with van der Waals surface area (Å²) >= 11 is 0. The number of rotatable bonds is 7. The summed E-state index contributed by atoms with van der Waals surface area (Å²) in [6.45, 7) is 8.31. The lowest BCUT2D eigenvalue weighted by Crippen LogP contribution is -2.25. The molecular formula is C30H32N4O2. The topological polar surface area (TPSA) is 61.4 Å². The summed E-state index contributed by atoms with van der Waals surface area (Å²) in [7, 11) is 0. The van der Waals surface area contributed by atoms with E-state index in [0.717, 1.165) is 65.4 Å². The maximum atomic E-state index is 13.5. The largest absolute Gasteiger partial charge is 0.490 e. The molecular weight excluding hydrogens is 448 g/mol. The highest BCUT2D eigenvalue weighted by Crippen LogP contribution is 2.32. The van der Waals surface area contributed by atoms with Gasteiger partial charge in [0, 0.05) is 28.6 Å². The summed E-state index contributed by atoms with van der Waals surface area (Å²) in [6.07, 6.45) is 9.18. The third-order valence-corrected chi connectivity index (χ3v) is 6.99. The molecule has 0 radical (unpaired) electrons. The molecule has 2 heterocycles. The molecule has 0 N–H and O–H groups in total. The minimum absolute atomic E-state index is 0.110. The van der Waals surface area contributed by atoms with Crippen LogP contribution in [-0.4, -0.2) is 27.0 Å². The average molecular weight is 481 g/mol. The zero-order valence-electron chi connectivity index (χ0n) is 21.0. The Morgan fingerprint density at radius 1 is 1.08 bits per heavy atom. The Morgan fingerprint density at radius 2 is 1.83 bits per heavy atom. The number of fused-ring (bicyclic) bond motifs is 1. The van der Waals surface area contributed by atoms with E-state index < -0.39 is 0 Å². The van der Waals surface area contributed by atoms with Gasteiger partial charge in [0.15, 0.2) is 0 Å². The molecule has 0 unspecified atom stereocenters. The van der Waals surface area contributed by atoms with Crippen LogP contribution in [0.4, 0.5) is 0 Å². The molecule has 1 aliphatic rings. The second-order valence-electron chi connectivity index (χ2n) is 9.44. The van der Waals surface area contributed by atoms with Crippen molar-refractivity contribution in [3.63, 3.8) is 0 Å². The molecule has 5 rings (SSSR count). The van der Waals surface area contributed by atoms with E-state index in [1.165, 1.54) is 11.1 Å². The maximum Gasteiger partial charge on any atom is 0.282 e. The van der Waals surface area contributed by atoms with Crippen molar-refractivity contribution >= 4 is 17.1 Å². The van der Waals surface area contributed by atoms with Crippen molar-refractivity contribution in [3.05, 3.63) is 100 Å². The van der Waals surface area contributed by atoms with E-state index in [0.29, 0.717) is 12.0 Å². The van der Waals surface area contributed by atoms with E-state index in [2.05, 4.69) is 31.1 Å². The molecule has 0 spiro atoms. The molecule has 0 atom stereocenters. The normalized spacial score (nSPS) is 14.5.